The molecule has 0 saturated carbocycles. The Hall–Kier alpha value is -1.80. The van der Waals surface area contributed by atoms with E-state index in [1.807, 2.05) is 6.08 Å². The van der Waals surface area contributed by atoms with Gasteiger partial charge in [0, 0.05) is 23.3 Å². The van der Waals surface area contributed by atoms with Gasteiger partial charge in [-0.15, -0.1) is 0 Å². The smallest absolute Gasteiger partial charge is 0.0444 e. The Balaban J connectivity index is 2.48. The molecule has 0 saturated heterocycles. The molecule has 0 aliphatic carbocycles. The standard InChI is InChI=1S/C21H24BrN/c1-5-10-17-14-23(15-18-12-8-9-13-20(18)22)21(11-6-2)19(7-3)16(17)4/h5-6,8-13H,1,4,7,14-15H2,2-3H3/b11-6-,17-10-. The van der Waals surface area contributed by atoms with Crippen LogP contribution in [0.5, 0.6) is 0 Å². The largest absolute Gasteiger partial charge is 0.363 e. The maximum Gasteiger partial charge on any atom is 0.0444 e. The topological polar surface area (TPSA) is 3.24 Å². The minimum Gasteiger partial charge on any atom is -0.363 e. The molecular weight excluding hydrogens is 346 g/mol. The summed E-state index contributed by atoms with van der Waals surface area (Å²) in [5.41, 5.74) is 6.27. The number of hydrogen-bond acceptors (Lipinski definition) is 1. The van der Waals surface area contributed by atoms with Gasteiger partial charge in [-0.2, -0.15) is 0 Å². The summed E-state index contributed by atoms with van der Waals surface area (Å²) in [4.78, 5) is 2.42. The third-order valence-corrected chi connectivity index (χ3v) is 4.85. The van der Waals surface area contributed by atoms with Crippen molar-refractivity contribution in [1.82, 2.24) is 4.90 Å². The Morgan fingerprint density at radius 1 is 1.30 bits per heavy atom. The van der Waals surface area contributed by atoms with Crippen LogP contribution in [0.1, 0.15) is 25.8 Å². The van der Waals surface area contributed by atoms with Crippen LogP contribution in [-0.4, -0.2) is 11.4 Å². The van der Waals surface area contributed by atoms with Crippen LogP contribution in [-0.2, 0) is 6.54 Å². The first kappa shape index (κ1) is 17.6. The molecule has 0 unspecified atom stereocenters. The van der Waals surface area contributed by atoms with Gasteiger partial charge in [-0.1, -0.05) is 72.4 Å². The van der Waals surface area contributed by atoms with Gasteiger partial charge < -0.3 is 4.90 Å². The molecule has 1 aromatic carbocycles. The minimum absolute atomic E-state index is 0.857. The van der Waals surface area contributed by atoms with Crippen molar-refractivity contribution in [3.63, 3.8) is 0 Å². The van der Waals surface area contributed by atoms with Crippen molar-refractivity contribution < 1.29 is 0 Å². The van der Waals surface area contributed by atoms with E-state index < -0.39 is 0 Å². The highest BCUT2D eigenvalue weighted by Crippen LogP contribution is 2.34. The average molecular weight is 370 g/mol. The second-order valence-corrected chi connectivity index (χ2v) is 6.43. The molecule has 0 fully saturated rings. The summed E-state index contributed by atoms with van der Waals surface area (Å²) >= 11 is 3.66. The molecule has 23 heavy (non-hydrogen) atoms. The van der Waals surface area contributed by atoms with Gasteiger partial charge in [-0.25, -0.2) is 0 Å². The maximum absolute atomic E-state index is 4.31. The van der Waals surface area contributed by atoms with Crippen molar-refractivity contribution in [1.29, 1.82) is 0 Å². The van der Waals surface area contributed by atoms with E-state index in [2.05, 4.69) is 90.3 Å². The molecule has 1 nitrogen and oxygen atoms in total. The highest BCUT2D eigenvalue weighted by Gasteiger charge is 2.23. The van der Waals surface area contributed by atoms with Gasteiger partial charge in [0.15, 0.2) is 0 Å². The van der Waals surface area contributed by atoms with E-state index in [9.17, 15) is 0 Å². The Morgan fingerprint density at radius 2 is 2.04 bits per heavy atom. The number of hydrogen-bond donors (Lipinski definition) is 0. The Bertz CT molecular complexity index is 692. The number of nitrogens with zero attached hydrogens (tertiary/aromatic N) is 1. The van der Waals surface area contributed by atoms with Crippen LogP contribution in [0.4, 0.5) is 0 Å². The summed E-state index contributed by atoms with van der Waals surface area (Å²) in [5.74, 6) is 0. The molecule has 120 valence electrons. The first-order valence-electron chi connectivity index (χ1n) is 7.97. The third-order valence-electron chi connectivity index (χ3n) is 4.08. The molecule has 0 spiro atoms. The molecule has 0 radical (unpaired) electrons. The summed E-state index contributed by atoms with van der Waals surface area (Å²) in [7, 11) is 0. The van der Waals surface area contributed by atoms with Gasteiger partial charge in [0.25, 0.3) is 0 Å². The van der Waals surface area contributed by atoms with Crippen molar-refractivity contribution in [3.05, 3.63) is 94.2 Å². The Morgan fingerprint density at radius 3 is 2.65 bits per heavy atom. The average Bonchev–Trinajstić information content (AvgIpc) is 2.54. The predicted octanol–water partition coefficient (Wildman–Crippen LogP) is 6.17. The fourth-order valence-corrected chi connectivity index (χ4v) is 3.36. The van der Waals surface area contributed by atoms with E-state index in [1.54, 1.807) is 0 Å². The van der Waals surface area contributed by atoms with Crippen LogP contribution in [0.2, 0.25) is 0 Å². The SMILES string of the molecule is C=C/C=C1/CN(Cc2ccccc2Br)C(/C=C\C)=C(CC)C1=C. The zero-order valence-corrected chi connectivity index (χ0v) is 15.6. The highest BCUT2D eigenvalue weighted by atomic mass is 79.9. The van der Waals surface area contributed by atoms with Crippen LogP contribution in [0.15, 0.2) is 88.6 Å². The molecule has 0 atom stereocenters. The van der Waals surface area contributed by atoms with Gasteiger partial charge in [0.2, 0.25) is 0 Å². The highest BCUT2D eigenvalue weighted by molar-refractivity contribution is 9.10. The van der Waals surface area contributed by atoms with E-state index in [-0.39, 0.29) is 0 Å². The molecule has 1 heterocycles. The normalized spacial score (nSPS) is 17.4. The summed E-state index contributed by atoms with van der Waals surface area (Å²) in [6, 6.07) is 8.40. The predicted molar refractivity (Wildman–Crippen MR) is 104 cm³/mol. The number of benzene rings is 1. The van der Waals surface area contributed by atoms with Crippen LogP contribution >= 0.6 is 15.9 Å². The second-order valence-electron chi connectivity index (χ2n) is 5.57. The van der Waals surface area contributed by atoms with E-state index in [0.717, 1.165) is 29.6 Å². The van der Waals surface area contributed by atoms with Crippen molar-refractivity contribution in [2.45, 2.75) is 26.8 Å². The number of allylic oxidation sites excluding steroid dienone is 5. The first-order chi connectivity index (χ1) is 11.1. The van der Waals surface area contributed by atoms with Crippen LogP contribution in [0, 0.1) is 0 Å². The molecule has 1 aromatic rings. The lowest BCUT2D eigenvalue weighted by molar-refractivity contribution is 0.364. The lowest BCUT2D eigenvalue weighted by Crippen LogP contribution is -2.30. The molecular formula is C21H24BrN. The maximum atomic E-state index is 4.31. The fourth-order valence-electron chi connectivity index (χ4n) is 2.95. The first-order valence-corrected chi connectivity index (χ1v) is 8.77. The Labute approximate surface area is 148 Å². The monoisotopic (exact) mass is 369 g/mol. The summed E-state index contributed by atoms with van der Waals surface area (Å²) < 4.78 is 1.15. The van der Waals surface area contributed by atoms with Crippen LogP contribution < -0.4 is 0 Å². The minimum atomic E-state index is 0.857. The van der Waals surface area contributed by atoms with Gasteiger partial charge in [-0.05, 0) is 47.8 Å². The zero-order valence-electron chi connectivity index (χ0n) is 14.0. The molecule has 0 aromatic heterocycles. The molecule has 1 aliphatic rings. The molecule has 0 amide bonds. The van der Waals surface area contributed by atoms with Gasteiger partial charge in [0.05, 0.1) is 0 Å². The number of rotatable bonds is 5. The van der Waals surface area contributed by atoms with E-state index in [4.69, 9.17) is 0 Å². The molecule has 2 heteroatoms. The third kappa shape index (κ3) is 3.94. The van der Waals surface area contributed by atoms with Gasteiger partial charge in [0.1, 0.15) is 0 Å². The quantitative estimate of drug-likeness (QED) is 0.599. The zero-order chi connectivity index (χ0) is 16.8. The van der Waals surface area contributed by atoms with E-state index >= 15 is 0 Å². The lowest BCUT2D eigenvalue weighted by atomic mass is 9.90. The fraction of sp³-hybridized carbons (Fsp3) is 0.238. The molecule has 1 aliphatic heterocycles. The van der Waals surface area contributed by atoms with Crippen LogP contribution in [0.3, 0.4) is 0 Å². The lowest BCUT2D eigenvalue weighted by Gasteiger charge is -2.35. The molecule has 2 rings (SSSR count). The van der Waals surface area contributed by atoms with Crippen molar-refractivity contribution >= 4 is 15.9 Å². The van der Waals surface area contributed by atoms with Gasteiger partial charge in [-0.3, -0.25) is 0 Å². The summed E-state index contributed by atoms with van der Waals surface area (Å²) in [6.07, 6.45) is 9.21. The Kier molecular flexibility index (Phi) is 6.23. The van der Waals surface area contributed by atoms with E-state index in [0.29, 0.717) is 0 Å². The summed E-state index contributed by atoms with van der Waals surface area (Å²) in [5, 5.41) is 0. The molecule has 0 bridgehead atoms. The summed E-state index contributed by atoms with van der Waals surface area (Å²) in [6.45, 7) is 14.1. The number of halogens is 1. The van der Waals surface area contributed by atoms with Crippen LogP contribution in [0.25, 0.3) is 0 Å². The van der Waals surface area contributed by atoms with Crippen molar-refractivity contribution in [2.75, 3.05) is 6.54 Å². The van der Waals surface area contributed by atoms with E-state index in [1.165, 1.54) is 22.4 Å². The van der Waals surface area contributed by atoms with Gasteiger partial charge >= 0.3 is 0 Å². The van der Waals surface area contributed by atoms with Crippen molar-refractivity contribution in [2.24, 2.45) is 0 Å². The molecule has 0 N–H and O–H groups in total. The second kappa shape index (κ2) is 8.16. The van der Waals surface area contributed by atoms with Crippen molar-refractivity contribution in [3.8, 4) is 0 Å².